The molecule has 4 heterocycles. The van der Waals surface area contributed by atoms with Crippen molar-refractivity contribution >= 4 is 35.0 Å². The summed E-state index contributed by atoms with van der Waals surface area (Å²) in [4.78, 5) is 57.2. The lowest BCUT2D eigenvalue weighted by molar-refractivity contribution is -0.197. The number of nitrogens with zero attached hydrogens (tertiary/aromatic N) is 6. The fourth-order valence-corrected chi connectivity index (χ4v) is 5.09. The molecule has 1 saturated heterocycles. The summed E-state index contributed by atoms with van der Waals surface area (Å²) >= 11 is 0. The number of anilines is 1. The van der Waals surface area contributed by atoms with E-state index in [1.807, 2.05) is 65.7 Å². The zero-order valence-electron chi connectivity index (χ0n) is 24.4. The Morgan fingerprint density at radius 2 is 1.63 bits per heavy atom. The van der Waals surface area contributed by atoms with Crippen molar-refractivity contribution in [3.05, 3.63) is 65.7 Å². The molecule has 1 aromatic carbocycles. The smallest absolute Gasteiger partial charge is 0.330 e. The van der Waals surface area contributed by atoms with Gasteiger partial charge in [0.1, 0.15) is 11.3 Å². The van der Waals surface area contributed by atoms with E-state index in [0.717, 1.165) is 61.3 Å². The molecule has 1 aliphatic rings. The van der Waals surface area contributed by atoms with Crippen LogP contribution in [-0.4, -0.2) is 53.1 Å². The third kappa shape index (κ3) is 7.32. The van der Waals surface area contributed by atoms with Gasteiger partial charge in [-0.3, -0.25) is 19.1 Å². The van der Waals surface area contributed by atoms with Crippen molar-refractivity contribution in [1.29, 1.82) is 0 Å². The number of imide groups is 1. The van der Waals surface area contributed by atoms with E-state index in [-0.39, 0.29) is 25.2 Å². The first-order valence-electron chi connectivity index (χ1n) is 14.6. The highest BCUT2D eigenvalue weighted by atomic mass is 16.7. The van der Waals surface area contributed by atoms with Crippen LogP contribution < -0.4 is 5.32 Å². The van der Waals surface area contributed by atoms with Crippen LogP contribution in [0.5, 0.6) is 0 Å². The van der Waals surface area contributed by atoms with Gasteiger partial charge in [-0.05, 0) is 51.0 Å². The zero-order valence-corrected chi connectivity index (χ0v) is 24.4. The van der Waals surface area contributed by atoms with E-state index in [1.54, 1.807) is 6.07 Å². The highest BCUT2D eigenvalue weighted by Crippen LogP contribution is 2.21. The zero-order chi connectivity index (χ0) is 30.3. The molecule has 0 bridgehead atoms. The van der Waals surface area contributed by atoms with Crippen LogP contribution in [0.2, 0.25) is 0 Å². The van der Waals surface area contributed by atoms with Crippen LogP contribution in [-0.2, 0) is 25.8 Å². The lowest BCUT2D eigenvalue weighted by Crippen LogP contribution is -2.31. The van der Waals surface area contributed by atoms with E-state index in [4.69, 9.17) is 4.84 Å². The molecule has 0 unspecified atom stereocenters. The summed E-state index contributed by atoms with van der Waals surface area (Å²) in [5.74, 6) is -1.67. The fraction of sp³-hybridized carbons (Fsp3) is 0.387. The highest BCUT2D eigenvalue weighted by Gasteiger charge is 2.32. The summed E-state index contributed by atoms with van der Waals surface area (Å²) in [6.45, 7) is 4.65. The van der Waals surface area contributed by atoms with Gasteiger partial charge >= 0.3 is 5.97 Å². The molecule has 0 saturated carbocycles. The number of hydrogen-bond donors (Lipinski definition) is 1. The molecular weight excluding hydrogens is 550 g/mol. The predicted molar refractivity (Wildman–Crippen MR) is 158 cm³/mol. The van der Waals surface area contributed by atoms with Crippen LogP contribution >= 0.6 is 0 Å². The molecule has 1 fully saturated rings. The van der Waals surface area contributed by atoms with Crippen LogP contribution in [0.3, 0.4) is 0 Å². The van der Waals surface area contributed by atoms with Crippen molar-refractivity contribution in [2.45, 2.75) is 78.2 Å². The van der Waals surface area contributed by atoms with Crippen molar-refractivity contribution in [3.63, 3.8) is 0 Å². The summed E-state index contributed by atoms with van der Waals surface area (Å²) in [6, 6.07) is 11.3. The number of carbonyl (C=O) groups is 4. The normalized spacial score (nSPS) is 13.2. The maximum Gasteiger partial charge on any atom is 0.333 e. The molecule has 3 aromatic heterocycles. The Morgan fingerprint density at radius 3 is 2.37 bits per heavy atom. The van der Waals surface area contributed by atoms with Gasteiger partial charge in [-0.2, -0.15) is 0 Å². The summed E-state index contributed by atoms with van der Waals surface area (Å²) < 4.78 is 3.74. The van der Waals surface area contributed by atoms with E-state index in [9.17, 15) is 19.2 Å². The van der Waals surface area contributed by atoms with Gasteiger partial charge in [0.05, 0.1) is 11.8 Å². The molecule has 1 aliphatic heterocycles. The second-order valence-electron chi connectivity index (χ2n) is 10.8. The number of fused-ring (bicyclic) bond motifs is 1. The van der Waals surface area contributed by atoms with Crippen LogP contribution in [0.25, 0.3) is 16.9 Å². The van der Waals surface area contributed by atoms with Crippen LogP contribution in [0.15, 0.2) is 48.8 Å². The molecule has 43 heavy (non-hydrogen) atoms. The molecule has 0 radical (unpaired) electrons. The average Bonchev–Trinajstić information content (AvgIpc) is 3.71. The Balaban J connectivity index is 1.00. The largest absolute Gasteiger partial charge is 0.333 e. The number of rotatable bonds is 13. The summed E-state index contributed by atoms with van der Waals surface area (Å²) in [7, 11) is 0. The van der Waals surface area contributed by atoms with Crippen molar-refractivity contribution in [1.82, 2.24) is 29.4 Å². The Bertz CT molecular complexity index is 1620. The van der Waals surface area contributed by atoms with Crippen LogP contribution in [0, 0.1) is 13.8 Å². The third-order valence-corrected chi connectivity index (χ3v) is 7.38. The minimum Gasteiger partial charge on any atom is -0.330 e. The number of amides is 3. The summed E-state index contributed by atoms with van der Waals surface area (Å²) in [5.41, 5.74) is 5.38. The molecule has 12 nitrogen and oxygen atoms in total. The quantitative estimate of drug-likeness (QED) is 0.174. The number of aromatic nitrogens is 5. The highest BCUT2D eigenvalue weighted by molar-refractivity contribution is 6.08. The van der Waals surface area contributed by atoms with Crippen LogP contribution in [0.1, 0.15) is 79.5 Å². The molecule has 5 rings (SSSR count). The third-order valence-electron chi connectivity index (χ3n) is 7.38. The number of nitrogens with one attached hydrogen (secondary N) is 1. The van der Waals surface area contributed by atoms with E-state index < -0.39 is 17.8 Å². The van der Waals surface area contributed by atoms with Gasteiger partial charge in [0.2, 0.25) is 0 Å². The fourth-order valence-electron chi connectivity index (χ4n) is 5.09. The van der Waals surface area contributed by atoms with Gasteiger partial charge in [0.15, 0.2) is 0 Å². The molecule has 0 atom stereocenters. The van der Waals surface area contributed by atoms with Gasteiger partial charge in [-0.1, -0.05) is 43.0 Å². The number of hydroxylamine groups is 2. The van der Waals surface area contributed by atoms with Gasteiger partial charge in [-0.25, -0.2) is 9.78 Å². The minimum absolute atomic E-state index is 0.0991. The Hall–Kier alpha value is -4.87. The number of unbranched alkanes of at least 4 members (excludes halogenated alkanes) is 5. The number of benzene rings is 1. The Labute approximate surface area is 249 Å². The number of hydrogen-bond acceptors (Lipinski definition) is 8. The number of aryl methyl sites for hydroxylation is 3. The monoisotopic (exact) mass is 585 g/mol. The average molecular weight is 586 g/mol. The lowest BCUT2D eigenvalue weighted by Gasteiger charge is -2.12. The van der Waals surface area contributed by atoms with Crippen molar-refractivity contribution < 1.29 is 24.0 Å². The first-order valence-corrected chi connectivity index (χ1v) is 14.6. The molecule has 3 amide bonds. The van der Waals surface area contributed by atoms with Gasteiger partial charge in [-0.15, -0.1) is 10.2 Å². The van der Waals surface area contributed by atoms with E-state index in [1.165, 1.54) is 0 Å². The van der Waals surface area contributed by atoms with Crippen molar-refractivity contribution in [2.24, 2.45) is 0 Å². The van der Waals surface area contributed by atoms with Crippen molar-refractivity contribution in [3.8, 4) is 11.3 Å². The molecule has 224 valence electrons. The topological polar surface area (TPSA) is 141 Å². The van der Waals surface area contributed by atoms with E-state index >= 15 is 0 Å². The van der Waals surface area contributed by atoms with Gasteiger partial charge < -0.3 is 14.6 Å². The first-order chi connectivity index (χ1) is 20.8. The maximum absolute atomic E-state index is 12.9. The Kier molecular flexibility index (Phi) is 9.23. The minimum atomic E-state index is -0.543. The lowest BCUT2D eigenvalue weighted by atomic mass is 10.1. The van der Waals surface area contributed by atoms with Crippen LogP contribution in [0.4, 0.5) is 5.69 Å². The molecule has 0 spiro atoms. The second kappa shape index (κ2) is 13.4. The SMILES string of the molecule is Cc1cc(C)n2ccc(C(=O)Nc3ccc(-c4cn(CCCCCCCCC(=O)ON5C(=O)CCC5=O)nn4)cc3)c2n1. The predicted octanol–water partition coefficient (Wildman–Crippen LogP) is 4.80. The standard InChI is InChI=1S/C31H35N7O5/c1-21-19-22(2)37-18-16-25(30(37)32-21)31(42)33-24-12-10-23(11-13-24)26-20-36(35-34-26)17-8-6-4-3-5-7-9-29(41)43-38-27(39)14-15-28(38)40/h10-13,16,18-20H,3-9,14-15,17H2,1-2H3,(H,33,42). The summed E-state index contributed by atoms with van der Waals surface area (Å²) in [5, 5.41) is 12.1. The van der Waals surface area contributed by atoms with E-state index in [2.05, 4.69) is 20.6 Å². The molecule has 4 aromatic rings. The first kappa shape index (κ1) is 29.6. The molecular formula is C31H35N7O5. The van der Waals surface area contributed by atoms with Crippen molar-refractivity contribution in [2.75, 3.05) is 5.32 Å². The molecule has 1 N–H and O–H groups in total. The number of carbonyl (C=O) groups excluding carboxylic acids is 4. The van der Waals surface area contributed by atoms with Gasteiger partial charge in [0.25, 0.3) is 17.7 Å². The molecule has 12 heteroatoms. The summed E-state index contributed by atoms with van der Waals surface area (Å²) in [6.07, 6.45) is 9.68. The maximum atomic E-state index is 12.9. The van der Waals surface area contributed by atoms with Gasteiger partial charge in [0, 0.05) is 54.6 Å². The molecule has 0 aliphatic carbocycles. The van der Waals surface area contributed by atoms with E-state index in [0.29, 0.717) is 28.4 Å². The Morgan fingerprint density at radius 1 is 0.930 bits per heavy atom. The second-order valence-corrected chi connectivity index (χ2v) is 10.8.